The minimum absolute atomic E-state index is 0.0282. The number of fused-ring (bicyclic) bond motifs is 1. The Morgan fingerprint density at radius 3 is 2.42 bits per heavy atom. The van der Waals surface area contributed by atoms with Gasteiger partial charge in [-0.25, -0.2) is 4.79 Å². The summed E-state index contributed by atoms with van der Waals surface area (Å²) >= 11 is 0. The lowest BCUT2D eigenvalue weighted by Crippen LogP contribution is -2.15. The number of esters is 1. The molecular weight excluding hydrogens is 507 g/mol. The van der Waals surface area contributed by atoms with Crippen LogP contribution in [0.4, 0.5) is 18.9 Å². The molecule has 3 aromatic carbocycles. The lowest BCUT2D eigenvalue weighted by Gasteiger charge is -2.13. The van der Waals surface area contributed by atoms with Gasteiger partial charge in [-0.05, 0) is 47.9 Å². The van der Waals surface area contributed by atoms with Gasteiger partial charge in [-0.1, -0.05) is 31.2 Å². The summed E-state index contributed by atoms with van der Waals surface area (Å²) < 4.78 is 56.8. The van der Waals surface area contributed by atoms with E-state index < -0.39 is 39.6 Å². The standard InChI is InChI=1S/C27H18F3NO7/c1-2-16-6-9-19(10-7-16)37-25-24(33)21-12-11-20(15-22(21)38-26(25)27(28,29)30)36-23(32)13-8-17-4-3-5-18(14-17)31(34)35/h3-15H,2H2,1H3. The van der Waals surface area contributed by atoms with Crippen molar-refractivity contribution >= 4 is 28.7 Å². The van der Waals surface area contributed by atoms with E-state index in [1.807, 2.05) is 6.92 Å². The maximum absolute atomic E-state index is 13.8. The Morgan fingerprint density at radius 2 is 1.76 bits per heavy atom. The molecule has 0 radical (unpaired) electrons. The first-order chi connectivity index (χ1) is 18.0. The quantitative estimate of drug-likeness (QED) is 0.0869. The Kier molecular flexibility index (Phi) is 7.28. The topological polar surface area (TPSA) is 109 Å². The van der Waals surface area contributed by atoms with Crippen molar-refractivity contribution in [3.8, 4) is 17.2 Å². The Bertz CT molecular complexity index is 1610. The van der Waals surface area contributed by atoms with E-state index in [-0.39, 0.29) is 22.6 Å². The van der Waals surface area contributed by atoms with Gasteiger partial charge in [-0.3, -0.25) is 14.9 Å². The fourth-order valence-electron chi connectivity index (χ4n) is 3.47. The number of rotatable bonds is 7. The summed E-state index contributed by atoms with van der Waals surface area (Å²) in [5.74, 6) is -3.72. The number of hydrogen-bond acceptors (Lipinski definition) is 7. The van der Waals surface area contributed by atoms with Crippen molar-refractivity contribution in [2.45, 2.75) is 19.5 Å². The molecule has 1 heterocycles. The van der Waals surface area contributed by atoms with Gasteiger partial charge in [0.05, 0.1) is 10.3 Å². The molecule has 0 aliphatic heterocycles. The minimum Gasteiger partial charge on any atom is -0.449 e. The summed E-state index contributed by atoms with van der Waals surface area (Å²) in [5, 5.41) is 10.6. The molecule has 194 valence electrons. The van der Waals surface area contributed by atoms with E-state index in [1.54, 1.807) is 12.1 Å². The first-order valence-electron chi connectivity index (χ1n) is 11.1. The van der Waals surface area contributed by atoms with Crippen molar-refractivity contribution < 1.29 is 36.8 Å². The second-order valence-corrected chi connectivity index (χ2v) is 7.95. The number of halogens is 3. The molecule has 4 aromatic rings. The van der Waals surface area contributed by atoms with Gasteiger partial charge in [0, 0.05) is 24.3 Å². The van der Waals surface area contributed by atoms with Gasteiger partial charge in [0.1, 0.15) is 17.1 Å². The molecule has 0 N–H and O–H groups in total. The fourth-order valence-corrected chi connectivity index (χ4v) is 3.47. The summed E-state index contributed by atoms with van der Waals surface area (Å²) in [6.45, 7) is 1.91. The molecule has 0 bridgehead atoms. The van der Waals surface area contributed by atoms with Crippen LogP contribution in [-0.4, -0.2) is 10.9 Å². The maximum atomic E-state index is 13.8. The van der Waals surface area contributed by atoms with E-state index in [1.165, 1.54) is 48.5 Å². The van der Waals surface area contributed by atoms with Gasteiger partial charge in [0.2, 0.25) is 11.2 Å². The van der Waals surface area contributed by atoms with E-state index in [0.717, 1.165) is 23.8 Å². The number of alkyl halides is 3. The molecule has 8 nitrogen and oxygen atoms in total. The largest absolute Gasteiger partial charge is 0.453 e. The first-order valence-corrected chi connectivity index (χ1v) is 11.1. The third-order valence-corrected chi connectivity index (χ3v) is 5.34. The van der Waals surface area contributed by atoms with Gasteiger partial charge >= 0.3 is 12.1 Å². The second-order valence-electron chi connectivity index (χ2n) is 7.95. The molecule has 4 rings (SSSR count). The highest BCUT2D eigenvalue weighted by Crippen LogP contribution is 2.38. The van der Waals surface area contributed by atoms with Crippen LogP contribution in [0.5, 0.6) is 17.2 Å². The Balaban J connectivity index is 1.63. The molecule has 0 fully saturated rings. The molecule has 11 heteroatoms. The Morgan fingerprint density at radius 1 is 1.05 bits per heavy atom. The zero-order chi connectivity index (χ0) is 27.4. The lowest BCUT2D eigenvalue weighted by atomic mass is 10.1. The molecule has 0 saturated heterocycles. The maximum Gasteiger partial charge on any atom is 0.453 e. The van der Waals surface area contributed by atoms with E-state index in [9.17, 15) is 32.9 Å². The minimum atomic E-state index is -5.06. The molecule has 0 aliphatic carbocycles. The number of non-ortho nitro benzene ring substituents is 1. The van der Waals surface area contributed by atoms with Crippen molar-refractivity contribution in [2.24, 2.45) is 0 Å². The van der Waals surface area contributed by atoms with Crippen LogP contribution in [0.25, 0.3) is 17.0 Å². The SMILES string of the molecule is CCc1ccc(Oc2c(C(F)(F)F)oc3cc(OC(=O)C=Cc4cccc([N+](=O)[O-])c4)ccc3c2=O)cc1. The number of benzene rings is 3. The van der Waals surface area contributed by atoms with Crippen LogP contribution in [0, 0.1) is 10.1 Å². The van der Waals surface area contributed by atoms with Gasteiger partial charge in [0.15, 0.2) is 0 Å². The van der Waals surface area contributed by atoms with Gasteiger partial charge in [-0.2, -0.15) is 13.2 Å². The Hall–Kier alpha value is -4.93. The lowest BCUT2D eigenvalue weighted by molar-refractivity contribution is -0.384. The molecule has 38 heavy (non-hydrogen) atoms. The monoisotopic (exact) mass is 525 g/mol. The molecular formula is C27H18F3NO7. The smallest absolute Gasteiger partial charge is 0.449 e. The van der Waals surface area contributed by atoms with E-state index in [4.69, 9.17) is 13.9 Å². The predicted octanol–water partition coefficient (Wildman–Crippen LogP) is 6.69. The molecule has 0 amide bonds. The van der Waals surface area contributed by atoms with Crippen molar-refractivity contribution in [2.75, 3.05) is 0 Å². The highest BCUT2D eigenvalue weighted by atomic mass is 19.4. The number of carbonyl (C=O) groups is 1. The van der Waals surface area contributed by atoms with Crippen molar-refractivity contribution in [3.05, 3.63) is 110 Å². The van der Waals surface area contributed by atoms with E-state index >= 15 is 0 Å². The number of ether oxygens (including phenoxy) is 2. The van der Waals surface area contributed by atoms with Crippen molar-refractivity contribution in [3.63, 3.8) is 0 Å². The van der Waals surface area contributed by atoms with Gasteiger partial charge in [0.25, 0.3) is 11.4 Å². The molecule has 1 aromatic heterocycles. The number of aryl methyl sites for hydroxylation is 1. The summed E-state index contributed by atoms with van der Waals surface area (Å²) in [4.78, 5) is 35.4. The number of nitro groups is 1. The number of nitrogens with zero attached hydrogens (tertiary/aromatic N) is 1. The van der Waals surface area contributed by atoms with Gasteiger partial charge in [-0.15, -0.1) is 0 Å². The Labute approximate surface area is 212 Å². The normalized spacial score (nSPS) is 11.6. The second kappa shape index (κ2) is 10.6. The van der Waals surface area contributed by atoms with Crippen molar-refractivity contribution in [1.82, 2.24) is 0 Å². The predicted molar refractivity (Wildman–Crippen MR) is 131 cm³/mol. The zero-order valence-electron chi connectivity index (χ0n) is 19.7. The summed E-state index contributed by atoms with van der Waals surface area (Å²) in [6, 6.07) is 15.1. The highest BCUT2D eigenvalue weighted by molar-refractivity contribution is 5.89. The third kappa shape index (κ3) is 5.89. The average molecular weight is 525 g/mol. The molecule has 0 aliphatic rings. The van der Waals surface area contributed by atoms with Crippen molar-refractivity contribution in [1.29, 1.82) is 0 Å². The third-order valence-electron chi connectivity index (χ3n) is 5.34. The average Bonchev–Trinajstić information content (AvgIpc) is 2.89. The van der Waals surface area contributed by atoms with E-state index in [2.05, 4.69) is 0 Å². The first kappa shape index (κ1) is 26.1. The van der Waals surface area contributed by atoms with Crippen LogP contribution in [0.3, 0.4) is 0 Å². The number of hydrogen-bond donors (Lipinski definition) is 0. The van der Waals surface area contributed by atoms with Crippen LogP contribution in [0.2, 0.25) is 0 Å². The highest BCUT2D eigenvalue weighted by Gasteiger charge is 2.40. The fraction of sp³-hybridized carbons (Fsp3) is 0.111. The van der Waals surface area contributed by atoms with Crippen LogP contribution < -0.4 is 14.9 Å². The summed E-state index contributed by atoms with van der Waals surface area (Å²) in [5.41, 5.74) is -0.411. The van der Waals surface area contributed by atoms with Crippen LogP contribution in [0.15, 0.2) is 82.0 Å². The number of carbonyl (C=O) groups excluding carboxylic acids is 1. The molecule has 0 unspecified atom stereocenters. The van der Waals surface area contributed by atoms with Crippen LogP contribution >= 0.6 is 0 Å². The van der Waals surface area contributed by atoms with Gasteiger partial charge < -0.3 is 13.9 Å². The number of nitro benzene ring substituents is 1. The summed E-state index contributed by atoms with van der Waals surface area (Å²) in [7, 11) is 0. The van der Waals surface area contributed by atoms with E-state index in [0.29, 0.717) is 12.0 Å². The van der Waals surface area contributed by atoms with Crippen LogP contribution in [0.1, 0.15) is 23.8 Å². The molecule has 0 saturated carbocycles. The molecule has 0 atom stereocenters. The zero-order valence-corrected chi connectivity index (χ0v) is 19.7. The molecule has 0 spiro atoms. The van der Waals surface area contributed by atoms with Crippen LogP contribution in [-0.2, 0) is 17.4 Å². The summed E-state index contributed by atoms with van der Waals surface area (Å²) in [6.07, 6.45) is -2.08.